The van der Waals surface area contributed by atoms with Gasteiger partial charge in [-0.25, -0.2) is 0 Å². The van der Waals surface area contributed by atoms with Crippen LogP contribution < -0.4 is 0 Å². The van der Waals surface area contributed by atoms with Gasteiger partial charge < -0.3 is 9.47 Å². The Bertz CT molecular complexity index is 233. The Morgan fingerprint density at radius 2 is 1.40 bits per heavy atom. The molecule has 0 spiro atoms. The van der Waals surface area contributed by atoms with Gasteiger partial charge >= 0.3 is 0 Å². The highest BCUT2D eigenvalue weighted by Crippen LogP contribution is 2.37. The van der Waals surface area contributed by atoms with Crippen LogP contribution in [0.5, 0.6) is 0 Å². The summed E-state index contributed by atoms with van der Waals surface area (Å²) in [7, 11) is 0. The summed E-state index contributed by atoms with van der Waals surface area (Å²) >= 11 is 0. The molecule has 0 N–H and O–H groups in total. The molecule has 0 aromatic rings. The molecule has 4 nitrogen and oxygen atoms in total. The van der Waals surface area contributed by atoms with Crippen LogP contribution in [0.25, 0.3) is 0 Å². The highest BCUT2D eigenvalue weighted by atomic mass is 16.5. The van der Waals surface area contributed by atoms with Crippen molar-refractivity contribution in [2.75, 3.05) is 39.5 Å². The highest BCUT2D eigenvalue weighted by Gasteiger charge is 2.53. The zero-order valence-electron chi connectivity index (χ0n) is 9.61. The third-order valence-corrected chi connectivity index (χ3v) is 4.18. The molecule has 3 fully saturated rings. The van der Waals surface area contributed by atoms with Gasteiger partial charge in [0.1, 0.15) is 0 Å². The quantitative estimate of drug-likeness (QED) is 0.570. The Kier molecular flexibility index (Phi) is 2.28. The van der Waals surface area contributed by atoms with Crippen LogP contribution in [0, 0.1) is 0 Å². The fourth-order valence-corrected chi connectivity index (χ4v) is 3.41. The fourth-order valence-electron chi connectivity index (χ4n) is 3.41. The molecular formula is C11H20N2O2. The van der Waals surface area contributed by atoms with Gasteiger partial charge in [-0.1, -0.05) is 0 Å². The van der Waals surface area contributed by atoms with E-state index in [1.54, 1.807) is 0 Å². The minimum atomic E-state index is 0.183. The average molecular weight is 212 g/mol. The van der Waals surface area contributed by atoms with Crippen LogP contribution >= 0.6 is 0 Å². The van der Waals surface area contributed by atoms with Crippen LogP contribution in [0.4, 0.5) is 0 Å². The molecule has 3 saturated heterocycles. The summed E-state index contributed by atoms with van der Waals surface area (Å²) < 4.78 is 11.2. The Hall–Kier alpha value is -0.160. The van der Waals surface area contributed by atoms with Gasteiger partial charge in [-0.15, -0.1) is 0 Å². The maximum atomic E-state index is 5.60. The van der Waals surface area contributed by atoms with E-state index in [1.807, 2.05) is 0 Å². The summed E-state index contributed by atoms with van der Waals surface area (Å²) in [5.74, 6) is 0. The lowest BCUT2D eigenvalue weighted by molar-refractivity contribution is -0.0492. The molecule has 86 valence electrons. The lowest BCUT2D eigenvalue weighted by atomic mass is 10.1. The minimum absolute atomic E-state index is 0.183. The molecule has 15 heavy (non-hydrogen) atoms. The van der Waals surface area contributed by atoms with Gasteiger partial charge in [0.05, 0.1) is 44.2 Å². The first kappa shape index (κ1) is 10.0. The lowest BCUT2D eigenvalue weighted by Gasteiger charge is -2.41. The van der Waals surface area contributed by atoms with E-state index in [9.17, 15) is 0 Å². The summed E-state index contributed by atoms with van der Waals surface area (Å²) in [4.78, 5) is 5.19. The summed E-state index contributed by atoms with van der Waals surface area (Å²) in [6.45, 7) is 10.3. The number of hydrogen-bond donors (Lipinski definition) is 0. The standard InChI is InChI=1S/C11H20N2O2/c1-11(2)12-3-5-14-7-9(12)10-8-15-6-4-13(10)11/h9-10H,3-8H2,1-2H3/t9-,10-/m1/s1. The normalized spacial score (nSPS) is 41.2. The first-order valence-electron chi connectivity index (χ1n) is 5.90. The molecule has 0 aliphatic carbocycles. The van der Waals surface area contributed by atoms with Crippen LogP contribution in [0.15, 0.2) is 0 Å². The Balaban J connectivity index is 1.90. The van der Waals surface area contributed by atoms with Crippen LogP contribution in [0.2, 0.25) is 0 Å². The molecule has 4 heteroatoms. The van der Waals surface area contributed by atoms with Crippen molar-refractivity contribution in [1.29, 1.82) is 0 Å². The van der Waals surface area contributed by atoms with Crippen molar-refractivity contribution in [3.8, 4) is 0 Å². The Morgan fingerprint density at radius 1 is 0.933 bits per heavy atom. The predicted molar refractivity (Wildman–Crippen MR) is 56.7 cm³/mol. The highest BCUT2D eigenvalue weighted by molar-refractivity contribution is 5.05. The first-order chi connectivity index (χ1) is 7.21. The van der Waals surface area contributed by atoms with E-state index in [0.29, 0.717) is 12.1 Å². The number of ether oxygens (including phenoxy) is 2. The molecule has 3 rings (SSSR count). The van der Waals surface area contributed by atoms with E-state index >= 15 is 0 Å². The van der Waals surface area contributed by atoms with E-state index in [1.165, 1.54) is 0 Å². The van der Waals surface area contributed by atoms with Crippen molar-refractivity contribution < 1.29 is 9.47 Å². The molecule has 3 aliphatic rings. The second-order valence-corrected chi connectivity index (χ2v) is 5.17. The lowest BCUT2D eigenvalue weighted by Crippen LogP contribution is -2.54. The molecule has 0 unspecified atom stereocenters. The summed E-state index contributed by atoms with van der Waals surface area (Å²) in [5, 5.41) is 0. The molecule has 0 bridgehead atoms. The molecule has 0 aromatic heterocycles. The third-order valence-electron chi connectivity index (χ3n) is 4.18. The average Bonchev–Trinajstić information content (AvgIpc) is 2.51. The first-order valence-corrected chi connectivity index (χ1v) is 5.90. The number of hydrogen-bond acceptors (Lipinski definition) is 4. The van der Waals surface area contributed by atoms with E-state index in [4.69, 9.17) is 9.47 Å². The van der Waals surface area contributed by atoms with Gasteiger partial charge in [0.2, 0.25) is 0 Å². The maximum absolute atomic E-state index is 5.60. The Morgan fingerprint density at radius 3 is 1.87 bits per heavy atom. The zero-order valence-corrected chi connectivity index (χ0v) is 9.61. The fraction of sp³-hybridized carbons (Fsp3) is 1.00. The van der Waals surface area contributed by atoms with E-state index in [2.05, 4.69) is 23.6 Å². The number of fused-ring (bicyclic) bond motifs is 3. The molecule has 0 amide bonds. The SMILES string of the molecule is CC1(C)N2CCOC[C@@H]2[C@H]2COCCN21. The van der Waals surface area contributed by atoms with Crippen LogP contribution in [-0.4, -0.2) is 67.1 Å². The van der Waals surface area contributed by atoms with Gasteiger partial charge in [-0.2, -0.15) is 0 Å². The van der Waals surface area contributed by atoms with Crippen molar-refractivity contribution >= 4 is 0 Å². The summed E-state index contributed by atoms with van der Waals surface area (Å²) in [6.07, 6.45) is 0. The maximum Gasteiger partial charge on any atom is 0.0688 e. The van der Waals surface area contributed by atoms with Gasteiger partial charge in [-0.05, 0) is 13.8 Å². The number of morpholine rings is 2. The topological polar surface area (TPSA) is 24.9 Å². The monoisotopic (exact) mass is 212 g/mol. The number of nitrogens with zero attached hydrogens (tertiary/aromatic N) is 2. The van der Waals surface area contributed by atoms with E-state index in [-0.39, 0.29) is 5.66 Å². The van der Waals surface area contributed by atoms with Crippen LogP contribution in [-0.2, 0) is 9.47 Å². The molecule has 3 heterocycles. The van der Waals surface area contributed by atoms with Gasteiger partial charge in [0, 0.05) is 13.1 Å². The van der Waals surface area contributed by atoms with Crippen molar-refractivity contribution in [2.45, 2.75) is 31.6 Å². The van der Waals surface area contributed by atoms with Crippen molar-refractivity contribution in [1.82, 2.24) is 9.80 Å². The van der Waals surface area contributed by atoms with E-state index < -0.39 is 0 Å². The summed E-state index contributed by atoms with van der Waals surface area (Å²) in [6, 6.07) is 1.07. The van der Waals surface area contributed by atoms with Gasteiger partial charge in [0.15, 0.2) is 0 Å². The third kappa shape index (κ3) is 1.35. The molecule has 0 aromatic carbocycles. The Labute approximate surface area is 91.1 Å². The zero-order chi connectivity index (χ0) is 10.5. The summed E-state index contributed by atoms with van der Waals surface area (Å²) in [5.41, 5.74) is 0.183. The molecule has 3 aliphatic heterocycles. The van der Waals surface area contributed by atoms with Gasteiger partial charge in [-0.3, -0.25) is 9.80 Å². The molecular weight excluding hydrogens is 192 g/mol. The predicted octanol–water partition coefficient (Wildman–Crippen LogP) is 0.138. The van der Waals surface area contributed by atoms with E-state index in [0.717, 1.165) is 39.5 Å². The van der Waals surface area contributed by atoms with Crippen LogP contribution in [0.1, 0.15) is 13.8 Å². The van der Waals surface area contributed by atoms with Crippen molar-refractivity contribution in [3.63, 3.8) is 0 Å². The van der Waals surface area contributed by atoms with Crippen LogP contribution in [0.3, 0.4) is 0 Å². The van der Waals surface area contributed by atoms with Gasteiger partial charge in [0.25, 0.3) is 0 Å². The number of rotatable bonds is 0. The molecule has 2 atom stereocenters. The molecule has 0 saturated carbocycles. The molecule has 0 radical (unpaired) electrons. The second kappa shape index (κ2) is 3.42. The minimum Gasteiger partial charge on any atom is -0.378 e. The van der Waals surface area contributed by atoms with Crippen molar-refractivity contribution in [2.24, 2.45) is 0 Å². The van der Waals surface area contributed by atoms with Crippen molar-refractivity contribution in [3.05, 3.63) is 0 Å². The second-order valence-electron chi connectivity index (χ2n) is 5.17. The smallest absolute Gasteiger partial charge is 0.0688 e. The largest absolute Gasteiger partial charge is 0.378 e.